The van der Waals surface area contributed by atoms with E-state index in [-0.39, 0.29) is 18.1 Å². The van der Waals surface area contributed by atoms with Crippen LogP contribution in [-0.4, -0.2) is 32.6 Å². The first-order valence-corrected chi connectivity index (χ1v) is 4.89. The highest BCUT2D eigenvalue weighted by Gasteiger charge is 2.11. The fourth-order valence-electron chi connectivity index (χ4n) is 1.13. The van der Waals surface area contributed by atoms with Gasteiger partial charge in [0.15, 0.2) is 6.61 Å². The number of esters is 1. The molecular formula is C11H14N2O4. The van der Waals surface area contributed by atoms with Gasteiger partial charge in [0.05, 0.1) is 12.7 Å². The summed E-state index contributed by atoms with van der Waals surface area (Å²) in [5.74, 6) is -0.433. The van der Waals surface area contributed by atoms with Gasteiger partial charge < -0.3 is 20.5 Å². The summed E-state index contributed by atoms with van der Waals surface area (Å²) in [6.45, 7) is -0.124. The summed E-state index contributed by atoms with van der Waals surface area (Å²) in [6, 6.07) is 4.53. The van der Waals surface area contributed by atoms with E-state index in [0.29, 0.717) is 11.4 Å². The van der Waals surface area contributed by atoms with Gasteiger partial charge in [0.1, 0.15) is 5.75 Å². The third kappa shape index (κ3) is 3.37. The average Bonchev–Trinajstić information content (AvgIpc) is 2.36. The van der Waals surface area contributed by atoms with Crippen molar-refractivity contribution in [2.45, 2.75) is 0 Å². The Morgan fingerprint density at radius 2 is 2.12 bits per heavy atom. The molecule has 0 radical (unpaired) electrons. The molecule has 0 aliphatic heterocycles. The summed E-state index contributed by atoms with van der Waals surface area (Å²) >= 11 is 0. The van der Waals surface area contributed by atoms with Crippen LogP contribution in [0.25, 0.3) is 0 Å². The molecule has 17 heavy (non-hydrogen) atoms. The molecule has 1 amide bonds. The first kappa shape index (κ1) is 12.8. The molecule has 3 N–H and O–H groups in total. The lowest BCUT2D eigenvalue weighted by molar-refractivity contribution is -0.122. The number of likely N-dealkylation sites (N-methyl/N-ethyl adjacent to an activating group) is 1. The van der Waals surface area contributed by atoms with E-state index in [9.17, 15) is 9.59 Å². The van der Waals surface area contributed by atoms with Crippen LogP contribution in [0.15, 0.2) is 18.2 Å². The number of anilines is 1. The Morgan fingerprint density at radius 1 is 1.41 bits per heavy atom. The van der Waals surface area contributed by atoms with Crippen LogP contribution < -0.4 is 15.8 Å². The van der Waals surface area contributed by atoms with Gasteiger partial charge in [0.2, 0.25) is 0 Å². The van der Waals surface area contributed by atoms with Crippen molar-refractivity contribution in [3.05, 3.63) is 23.8 Å². The highest BCUT2D eigenvalue weighted by molar-refractivity contribution is 5.95. The lowest BCUT2D eigenvalue weighted by atomic mass is 10.2. The predicted molar refractivity (Wildman–Crippen MR) is 61.8 cm³/mol. The van der Waals surface area contributed by atoms with Crippen LogP contribution in [0.1, 0.15) is 10.4 Å². The van der Waals surface area contributed by atoms with E-state index in [1.807, 2.05) is 0 Å². The van der Waals surface area contributed by atoms with Crippen molar-refractivity contribution in [3.63, 3.8) is 0 Å². The Kier molecular flexibility index (Phi) is 4.33. The van der Waals surface area contributed by atoms with E-state index in [1.54, 1.807) is 6.07 Å². The van der Waals surface area contributed by atoms with E-state index in [2.05, 4.69) is 10.1 Å². The van der Waals surface area contributed by atoms with Crippen LogP contribution in [0.4, 0.5) is 5.69 Å². The Balaban J connectivity index is 2.81. The fourth-order valence-corrected chi connectivity index (χ4v) is 1.13. The number of nitrogen functional groups attached to an aromatic ring is 1. The van der Waals surface area contributed by atoms with Gasteiger partial charge in [-0.25, -0.2) is 4.79 Å². The van der Waals surface area contributed by atoms with Gasteiger partial charge >= 0.3 is 5.97 Å². The van der Waals surface area contributed by atoms with Crippen LogP contribution in [0.3, 0.4) is 0 Å². The van der Waals surface area contributed by atoms with Crippen LogP contribution in [0.2, 0.25) is 0 Å². The molecule has 0 aromatic heterocycles. The maximum Gasteiger partial charge on any atom is 0.340 e. The van der Waals surface area contributed by atoms with Crippen LogP contribution in [0.5, 0.6) is 5.75 Å². The molecule has 0 bridgehead atoms. The van der Waals surface area contributed by atoms with Crippen LogP contribution >= 0.6 is 0 Å². The van der Waals surface area contributed by atoms with E-state index in [4.69, 9.17) is 10.5 Å². The number of ether oxygens (including phenoxy) is 2. The number of carbonyl (C=O) groups excluding carboxylic acids is 2. The minimum atomic E-state index is -0.548. The molecule has 0 aliphatic rings. The fraction of sp³-hybridized carbons (Fsp3) is 0.273. The van der Waals surface area contributed by atoms with Gasteiger partial charge in [-0.05, 0) is 18.2 Å². The topological polar surface area (TPSA) is 90.6 Å². The zero-order valence-electron chi connectivity index (χ0n) is 9.65. The summed E-state index contributed by atoms with van der Waals surface area (Å²) in [6.07, 6.45) is 0. The second-order valence-corrected chi connectivity index (χ2v) is 3.20. The summed E-state index contributed by atoms with van der Waals surface area (Å²) < 4.78 is 9.74. The Bertz CT molecular complexity index is 431. The number of carbonyl (C=O) groups is 2. The summed E-state index contributed by atoms with van der Waals surface area (Å²) in [7, 11) is 2.77. The van der Waals surface area contributed by atoms with Crippen molar-refractivity contribution in [2.24, 2.45) is 0 Å². The minimum absolute atomic E-state index is 0.124. The van der Waals surface area contributed by atoms with Gasteiger partial charge in [-0.3, -0.25) is 4.79 Å². The normalized spacial score (nSPS) is 9.53. The second-order valence-electron chi connectivity index (χ2n) is 3.20. The quantitative estimate of drug-likeness (QED) is 0.576. The second kappa shape index (κ2) is 5.74. The van der Waals surface area contributed by atoms with Crippen molar-refractivity contribution in [3.8, 4) is 5.75 Å². The maximum absolute atomic E-state index is 11.3. The zero-order valence-corrected chi connectivity index (χ0v) is 9.65. The Morgan fingerprint density at radius 3 is 2.71 bits per heavy atom. The molecule has 6 heteroatoms. The molecular weight excluding hydrogens is 224 g/mol. The Hall–Kier alpha value is -2.24. The average molecular weight is 238 g/mol. The molecule has 6 nitrogen and oxygen atoms in total. The third-order valence-corrected chi connectivity index (χ3v) is 2.08. The number of amides is 1. The number of rotatable bonds is 4. The van der Waals surface area contributed by atoms with Crippen molar-refractivity contribution in [2.75, 3.05) is 26.5 Å². The van der Waals surface area contributed by atoms with E-state index >= 15 is 0 Å². The molecule has 0 heterocycles. The third-order valence-electron chi connectivity index (χ3n) is 2.08. The number of methoxy groups -OCH3 is 1. The van der Waals surface area contributed by atoms with Gasteiger partial charge in [0, 0.05) is 12.7 Å². The van der Waals surface area contributed by atoms with Crippen molar-refractivity contribution in [1.82, 2.24) is 5.32 Å². The molecule has 1 aromatic carbocycles. The zero-order chi connectivity index (χ0) is 12.8. The SMILES string of the molecule is CNC(=O)COc1ccc(N)c(C(=O)OC)c1. The summed E-state index contributed by atoms with van der Waals surface area (Å²) in [5.41, 5.74) is 6.12. The highest BCUT2D eigenvalue weighted by Crippen LogP contribution is 2.20. The molecule has 1 aromatic rings. The number of hydrogen-bond donors (Lipinski definition) is 2. The smallest absolute Gasteiger partial charge is 0.340 e. The number of nitrogens with one attached hydrogen (secondary N) is 1. The molecule has 0 saturated heterocycles. The van der Waals surface area contributed by atoms with Gasteiger partial charge in [0.25, 0.3) is 5.91 Å². The minimum Gasteiger partial charge on any atom is -0.484 e. The standard InChI is InChI=1S/C11H14N2O4/c1-13-10(14)6-17-7-3-4-9(12)8(5-7)11(15)16-2/h3-5H,6,12H2,1-2H3,(H,13,14). The van der Waals surface area contributed by atoms with Crippen molar-refractivity contribution in [1.29, 1.82) is 0 Å². The van der Waals surface area contributed by atoms with Crippen molar-refractivity contribution >= 4 is 17.6 Å². The van der Waals surface area contributed by atoms with E-state index < -0.39 is 5.97 Å². The number of nitrogens with two attached hydrogens (primary N) is 1. The van der Waals surface area contributed by atoms with Gasteiger partial charge in [-0.1, -0.05) is 0 Å². The molecule has 0 spiro atoms. The van der Waals surface area contributed by atoms with E-state index in [1.165, 1.54) is 26.3 Å². The van der Waals surface area contributed by atoms with Gasteiger partial charge in [-0.2, -0.15) is 0 Å². The first-order chi connectivity index (χ1) is 8.08. The summed E-state index contributed by atoms with van der Waals surface area (Å²) in [5, 5.41) is 2.41. The first-order valence-electron chi connectivity index (χ1n) is 4.89. The molecule has 0 aliphatic carbocycles. The van der Waals surface area contributed by atoms with Gasteiger partial charge in [-0.15, -0.1) is 0 Å². The summed E-state index contributed by atoms with van der Waals surface area (Å²) in [4.78, 5) is 22.3. The van der Waals surface area contributed by atoms with Crippen LogP contribution in [-0.2, 0) is 9.53 Å². The lowest BCUT2D eigenvalue weighted by Gasteiger charge is -2.08. The van der Waals surface area contributed by atoms with Crippen molar-refractivity contribution < 1.29 is 19.1 Å². The molecule has 1 rings (SSSR count). The van der Waals surface area contributed by atoms with E-state index in [0.717, 1.165) is 0 Å². The van der Waals surface area contributed by atoms with Crippen LogP contribution in [0, 0.1) is 0 Å². The predicted octanol–water partition coefficient (Wildman–Crippen LogP) is 0.180. The number of hydrogen-bond acceptors (Lipinski definition) is 5. The molecule has 0 saturated carbocycles. The lowest BCUT2D eigenvalue weighted by Crippen LogP contribution is -2.24. The molecule has 0 atom stereocenters. The monoisotopic (exact) mass is 238 g/mol. The maximum atomic E-state index is 11.3. The number of benzene rings is 1. The molecule has 92 valence electrons. The Labute approximate surface area is 98.7 Å². The molecule has 0 fully saturated rings. The largest absolute Gasteiger partial charge is 0.484 e. The highest BCUT2D eigenvalue weighted by atomic mass is 16.5. The molecule has 0 unspecified atom stereocenters.